The monoisotopic (exact) mass is 477 g/mol. The summed E-state index contributed by atoms with van der Waals surface area (Å²) in [7, 11) is 0. The lowest BCUT2D eigenvalue weighted by molar-refractivity contribution is 0.161. The van der Waals surface area contributed by atoms with Gasteiger partial charge < -0.3 is 15.0 Å². The Kier molecular flexibility index (Phi) is 7.35. The maximum Gasteiger partial charge on any atom is 0.133 e. The van der Waals surface area contributed by atoms with E-state index in [2.05, 4.69) is 61.4 Å². The summed E-state index contributed by atoms with van der Waals surface area (Å²) in [5.41, 5.74) is 2.55. The molecule has 156 valence electrons. The van der Waals surface area contributed by atoms with Crippen molar-refractivity contribution in [2.24, 2.45) is 0 Å². The Morgan fingerprint density at radius 1 is 1.03 bits per heavy atom. The highest BCUT2D eigenvalue weighted by atomic mass is 79.9. The van der Waals surface area contributed by atoms with Crippen LogP contribution in [0.15, 0.2) is 46.9 Å². The number of halogens is 2. The summed E-state index contributed by atoms with van der Waals surface area (Å²) in [6, 6.07) is 14.7. The SMILES string of the molecule is Clc1cccc(N2CCCN(Cc3ccc(OC4CCNCC4)c(Br)c3)CC2)c1. The highest BCUT2D eigenvalue weighted by Gasteiger charge is 2.18. The van der Waals surface area contributed by atoms with E-state index in [9.17, 15) is 0 Å². The van der Waals surface area contributed by atoms with Crippen molar-refractivity contribution in [3.63, 3.8) is 0 Å². The summed E-state index contributed by atoms with van der Waals surface area (Å²) in [6.07, 6.45) is 3.63. The van der Waals surface area contributed by atoms with E-state index in [1.165, 1.54) is 11.3 Å². The van der Waals surface area contributed by atoms with Gasteiger partial charge in [0.2, 0.25) is 0 Å². The number of nitrogens with one attached hydrogen (secondary N) is 1. The quantitative estimate of drug-likeness (QED) is 0.658. The first-order chi connectivity index (χ1) is 14.2. The molecule has 1 N–H and O–H groups in total. The van der Waals surface area contributed by atoms with Crippen molar-refractivity contribution in [3.05, 3.63) is 57.5 Å². The van der Waals surface area contributed by atoms with Gasteiger partial charge in [0.15, 0.2) is 0 Å². The summed E-state index contributed by atoms with van der Waals surface area (Å²) >= 11 is 9.90. The number of anilines is 1. The van der Waals surface area contributed by atoms with Gasteiger partial charge >= 0.3 is 0 Å². The molecule has 2 aromatic rings. The molecular weight excluding hydrogens is 450 g/mol. The predicted molar refractivity (Wildman–Crippen MR) is 124 cm³/mol. The summed E-state index contributed by atoms with van der Waals surface area (Å²) in [6.45, 7) is 7.32. The Bertz CT molecular complexity index is 812. The molecule has 0 amide bonds. The third-order valence-corrected chi connectivity index (χ3v) is 6.60. The van der Waals surface area contributed by atoms with Crippen molar-refractivity contribution in [3.8, 4) is 5.75 Å². The van der Waals surface area contributed by atoms with Crippen LogP contribution < -0.4 is 15.0 Å². The maximum absolute atomic E-state index is 6.21. The molecule has 2 heterocycles. The van der Waals surface area contributed by atoms with E-state index in [0.717, 1.165) is 80.3 Å². The number of piperidine rings is 1. The molecule has 2 saturated heterocycles. The largest absolute Gasteiger partial charge is 0.489 e. The van der Waals surface area contributed by atoms with Crippen LogP contribution in [0.4, 0.5) is 5.69 Å². The van der Waals surface area contributed by atoms with Crippen LogP contribution in [0.25, 0.3) is 0 Å². The molecular formula is C23H29BrClN3O. The first-order valence-corrected chi connectivity index (χ1v) is 11.7. The van der Waals surface area contributed by atoms with Crippen LogP contribution >= 0.6 is 27.5 Å². The van der Waals surface area contributed by atoms with Gasteiger partial charge in [0.1, 0.15) is 11.9 Å². The molecule has 0 spiro atoms. The molecule has 2 aliphatic heterocycles. The molecule has 29 heavy (non-hydrogen) atoms. The van der Waals surface area contributed by atoms with E-state index in [0.29, 0.717) is 6.10 Å². The van der Waals surface area contributed by atoms with Crippen molar-refractivity contribution >= 4 is 33.2 Å². The van der Waals surface area contributed by atoms with E-state index in [1.807, 2.05) is 12.1 Å². The molecule has 0 aliphatic carbocycles. The van der Waals surface area contributed by atoms with Crippen molar-refractivity contribution in [1.29, 1.82) is 0 Å². The normalized spacial score (nSPS) is 19.2. The fourth-order valence-electron chi connectivity index (χ4n) is 4.15. The number of nitrogens with zero attached hydrogens (tertiary/aromatic N) is 2. The molecule has 0 aromatic heterocycles. The molecule has 0 saturated carbocycles. The molecule has 0 radical (unpaired) electrons. The predicted octanol–water partition coefficient (Wildman–Crippen LogP) is 4.95. The van der Waals surface area contributed by atoms with Crippen molar-refractivity contribution in [2.75, 3.05) is 44.2 Å². The van der Waals surface area contributed by atoms with E-state index >= 15 is 0 Å². The summed E-state index contributed by atoms with van der Waals surface area (Å²) in [5, 5.41) is 4.19. The second kappa shape index (κ2) is 10.2. The maximum atomic E-state index is 6.21. The van der Waals surface area contributed by atoms with Gasteiger partial charge in [-0.3, -0.25) is 4.90 Å². The molecule has 4 rings (SSSR count). The van der Waals surface area contributed by atoms with Gasteiger partial charge in [-0.2, -0.15) is 0 Å². The number of benzene rings is 2. The molecule has 6 heteroatoms. The Balaban J connectivity index is 1.33. The second-order valence-corrected chi connectivity index (χ2v) is 9.22. The summed E-state index contributed by atoms with van der Waals surface area (Å²) in [4.78, 5) is 4.98. The highest BCUT2D eigenvalue weighted by Crippen LogP contribution is 2.29. The fraction of sp³-hybridized carbons (Fsp3) is 0.478. The molecule has 0 unspecified atom stereocenters. The Hall–Kier alpha value is -1.27. The van der Waals surface area contributed by atoms with Gasteiger partial charge in [-0.05, 0) is 84.2 Å². The number of ether oxygens (including phenoxy) is 1. The minimum Gasteiger partial charge on any atom is -0.489 e. The van der Waals surface area contributed by atoms with Crippen LogP contribution in [-0.2, 0) is 6.54 Å². The molecule has 0 bridgehead atoms. The van der Waals surface area contributed by atoms with Crippen LogP contribution in [-0.4, -0.2) is 50.3 Å². The molecule has 4 nitrogen and oxygen atoms in total. The van der Waals surface area contributed by atoms with Gasteiger partial charge in [0, 0.05) is 43.4 Å². The first kappa shape index (κ1) is 21.0. The number of hydrogen-bond donors (Lipinski definition) is 1. The zero-order valence-corrected chi connectivity index (χ0v) is 19.1. The first-order valence-electron chi connectivity index (χ1n) is 10.6. The Labute approximate surface area is 187 Å². The van der Waals surface area contributed by atoms with Crippen molar-refractivity contribution < 1.29 is 4.74 Å². The standard InChI is InChI=1S/C23H29BrClN3O/c24-22-15-18(5-6-23(22)29-21-7-9-26-10-8-21)17-27-11-2-12-28(14-13-27)20-4-1-3-19(25)16-20/h1,3-6,15-16,21,26H,2,7-14,17H2. The Morgan fingerprint density at radius 2 is 1.90 bits per heavy atom. The van der Waals surface area contributed by atoms with Crippen LogP contribution in [0.3, 0.4) is 0 Å². The Morgan fingerprint density at radius 3 is 2.69 bits per heavy atom. The number of hydrogen-bond acceptors (Lipinski definition) is 4. The third-order valence-electron chi connectivity index (χ3n) is 5.74. The highest BCUT2D eigenvalue weighted by molar-refractivity contribution is 9.10. The second-order valence-electron chi connectivity index (χ2n) is 7.93. The lowest BCUT2D eigenvalue weighted by Crippen LogP contribution is -2.34. The van der Waals surface area contributed by atoms with Crippen LogP contribution in [0.1, 0.15) is 24.8 Å². The summed E-state index contributed by atoms with van der Waals surface area (Å²) < 4.78 is 7.26. The lowest BCUT2D eigenvalue weighted by atomic mass is 10.1. The van der Waals surface area contributed by atoms with E-state index in [4.69, 9.17) is 16.3 Å². The number of rotatable bonds is 5. The van der Waals surface area contributed by atoms with Gasteiger partial charge in [0.05, 0.1) is 4.47 Å². The molecule has 2 aromatic carbocycles. The minimum absolute atomic E-state index is 0.321. The van der Waals surface area contributed by atoms with Crippen LogP contribution in [0, 0.1) is 0 Å². The topological polar surface area (TPSA) is 27.7 Å². The van der Waals surface area contributed by atoms with Crippen LogP contribution in [0.5, 0.6) is 5.75 Å². The van der Waals surface area contributed by atoms with Gasteiger partial charge in [-0.15, -0.1) is 0 Å². The van der Waals surface area contributed by atoms with Crippen molar-refractivity contribution in [2.45, 2.75) is 31.9 Å². The summed E-state index contributed by atoms with van der Waals surface area (Å²) in [5.74, 6) is 0.962. The van der Waals surface area contributed by atoms with Gasteiger partial charge in [0.25, 0.3) is 0 Å². The molecule has 2 fully saturated rings. The average molecular weight is 479 g/mol. The average Bonchev–Trinajstić information content (AvgIpc) is 2.96. The van der Waals surface area contributed by atoms with Crippen LogP contribution in [0.2, 0.25) is 5.02 Å². The molecule has 0 atom stereocenters. The fourth-order valence-corrected chi connectivity index (χ4v) is 4.85. The van der Waals surface area contributed by atoms with Gasteiger partial charge in [-0.1, -0.05) is 23.7 Å². The zero-order chi connectivity index (χ0) is 20.1. The molecule has 2 aliphatic rings. The van der Waals surface area contributed by atoms with Gasteiger partial charge in [-0.25, -0.2) is 0 Å². The van der Waals surface area contributed by atoms with E-state index in [1.54, 1.807) is 0 Å². The van der Waals surface area contributed by atoms with Crippen molar-refractivity contribution in [1.82, 2.24) is 10.2 Å². The lowest BCUT2D eigenvalue weighted by Gasteiger charge is -2.25. The smallest absolute Gasteiger partial charge is 0.133 e. The van der Waals surface area contributed by atoms with E-state index in [-0.39, 0.29) is 0 Å². The third kappa shape index (κ3) is 5.88. The van der Waals surface area contributed by atoms with E-state index < -0.39 is 0 Å². The minimum atomic E-state index is 0.321. The zero-order valence-electron chi connectivity index (χ0n) is 16.7.